The normalized spacial score (nSPS) is 13.5. The molecule has 0 saturated heterocycles. The Morgan fingerprint density at radius 2 is 1.74 bits per heavy atom. The number of aromatic nitrogens is 3. The third kappa shape index (κ3) is 5.93. The van der Waals surface area contributed by atoms with Crippen LogP contribution in [0, 0.1) is 12.8 Å². The highest BCUT2D eigenvalue weighted by atomic mass is 35.5. The highest BCUT2D eigenvalue weighted by Gasteiger charge is 2.17. The van der Waals surface area contributed by atoms with Crippen LogP contribution >= 0.6 is 34.5 Å². The molecule has 0 fully saturated rings. The molecular weight excluding hydrogens is 455 g/mol. The van der Waals surface area contributed by atoms with Crippen molar-refractivity contribution in [3.05, 3.63) is 45.6 Å². The van der Waals surface area contributed by atoms with E-state index in [0.717, 1.165) is 22.7 Å². The van der Waals surface area contributed by atoms with E-state index in [9.17, 15) is 5.11 Å². The summed E-state index contributed by atoms with van der Waals surface area (Å²) in [6.45, 7) is 8.17. The number of aliphatic hydroxyl groups is 1. The molecule has 2 heterocycles. The third-order valence-electron chi connectivity index (χ3n) is 4.78. The molecule has 2 aromatic heterocycles. The van der Waals surface area contributed by atoms with Crippen LogP contribution < -0.4 is 10.5 Å². The second-order valence-corrected chi connectivity index (χ2v) is 9.78. The maximum atomic E-state index is 9.51. The minimum Gasteiger partial charge on any atom is -0.489 e. The quantitative estimate of drug-likeness (QED) is 0.461. The first kappa shape index (κ1) is 23.9. The van der Waals surface area contributed by atoms with Crippen LogP contribution in [0.15, 0.2) is 24.4 Å². The van der Waals surface area contributed by atoms with Gasteiger partial charge in [-0.1, -0.05) is 48.4 Å². The predicted octanol–water partition coefficient (Wildman–Crippen LogP) is 5.17. The SMILES string of the molecule is Cc1cc(-c2nnc(-c3cc(Cl)c(OC[C@H](N)[C@@H](C)O)c(Cl)c3)s2)ncc1CC(C)C. The standard InChI is InChI=1S/C22H26Cl2N4O2S/c1-11(2)5-15-9-26-19(6-12(15)3)22-28-27-21(31-22)14-7-16(23)20(17(24)8-14)30-10-18(25)13(4)29/h6-9,11,13,18,29H,5,10,25H2,1-4H3/t13-,18+/m1/s1. The molecule has 9 heteroatoms. The summed E-state index contributed by atoms with van der Waals surface area (Å²) in [5, 5.41) is 20.2. The van der Waals surface area contributed by atoms with Crippen LogP contribution in [-0.2, 0) is 6.42 Å². The van der Waals surface area contributed by atoms with Crippen molar-refractivity contribution in [2.45, 2.75) is 46.3 Å². The topological polar surface area (TPSA) is 94.2 Å². The second kappa shape index (κ2) is 10.2. The Balaban J connectivity index is 1.82. The number of aryl methyl sites for hydroxylation is 1. The Bertz CT molecular complexity index is 1030. The molecule has 0 bridgehead atoms. The Kier molecular flexibility index (Phi) is 7.88. The van der Waals surface area contributed by atoms with E-state index in [-0.39, 0.29) is 6.61 Å². The molecule has 0 aliphatic carbocycles. The van der Waals surface area contributed by atoms with Gasteiger partial charge in [-0.05, 0) is 55.5 Å². The van der Waals surface area contributed by atoms with Crippen molar-refractivity contribution in [2.24, 2.45) is 11.7 Å². The number of aliphatic hydroxyl groups excluding tert-OH is 1. The molecule has 2 atom stereocenters. The lowest BCUT2D eigenvalue weighted by Gasteiger charge is -2.17. The first-order valence-corrected chi connectivity index (χ1v) is 11.6. The van der Waals surface area contributed by atoms with E-state index in [1.54, 1.807) is 19.1 Å². The maximum absolute atomic E-state index is 9.51. The van der Waals surface area contributed by atoms with Crippen molar-refractivity contribution < 1.29 is 9.84 Å². The number of nitrogens with two attached hydrogens (primary N) is 1. The van der Waals surface area contributed by atoms with Crippen molar-refractivity contribution >= 4 is 34.5 Å². The van der Waals surface area contributed by atoms with Gasteiger partial charge in [0.05, 0.1) is 22.2 Å². The lowest BCUT2D eigenvalue weighted by atomic mass is 10.0. The Morgan fingerprint density at radius 1 is 1.10 bits per heavy atom. The number of hydrogen-bond acceptors (Lipinski definition) is 7. The van der Waals surface area contributed by atoms with E-state index in [4.69, 9.17) is 33.7 Å². The molecule has 0 aliphatic heterocycles. The van der Waals surface area contributed by atoms with Crippen molar-refractivity contribution in [1.29, 1.82) is 0 Å². The summed E-state index contributed by atoms with van der Waals surface area (Å²) < 4.78 is 5.62. The number of ether oxygens (including phenoxy) is 1. The molecule has 0 radical (unpaired) electrons. The van der Waals surface area contributed by atoms with E-state index in [2.05, 4.69) is 36.0 Å². The van der Waals surface area contributed by atoms with E-state index in [0.29, 0.717) is 26.7 Å². The average Bonchev–Trinajstić information content (AvgIpc) is 3.18. The fourth-order valence-corrected chi connectivity index (χ4v) is 4.33. The fraction of sp³-hybridized carbons (Fsp3) is 0.409. The highest BCUT2D eigenvalue weighted by molar-refractivity contribution is 7.17. The second-order valence-electron chi connectivity index (χ2n) is 7.99. The third-order valence-corrected chi connectivity index (χ3v) is 6.33. The predicted molar refractivity (Wildman–Crippen MR) is 127 cm³/mol. The van der Waals surface area contributed by atoms with Gasteiger partial charge in [-0.3, -0.25) is 4.98 Å². The molecule has 0 spiro atoms. The number of rotatable bonds is 8. The van der Waals surface area contributed by atoms with Crippen molar-refractivity contribution in [3.63, 3.8) is 0 Å². The molecule has 3 N–H and O–H groups in total. The van der Waals surface area contributed by atoms with Crippen LogP contribution in [-0.4, -0.2) is 39.0 Å². The molecule has 3 rings (SSSR count). The zero-order valence-corrected chi connectivity index (χ0v) is 20.2. The van der Waals surface area contributed by atoms with E-state index in [1.165, 1.54) is 22.5 Å². The van der Waals surface area contributed by atoms with Crippen molar-refractivity contribution in [3.8, 4) is 27.0 Å². The molecule has 31 heavy (non-hydrogen) atoms. The molecule has 6 nitrogen and oxygen atoms in total. The highest BCUT2D eigenvalue weighted by Crippen LogP contribution is 2.39. The van der Waals surface area contributed by atoms with Crippen molar-refractivity contribution in [2.75, 3.05) is 6.61 Å². The van der Waals surface area contributed by atoms with Gasteiger partial charge in [-0.2, -0.15) is 0 Å². The van der Waals surface area contributed by atoms with Crippen LogP contribution in [0.3, 0.4) is 0 Å². The summed E-state index contributed by atoms with van der Waals surface area (Å²) in [6.07, 6.45) is 2.21. The van der Waals surface area contributed by atoms with Crippen LogP contribution in [0.5, 0.6) is 5.75 Å². The Morgan fingerprint density at radius 3 is 2.32 bits per heavy atom. The molecule has 3 aromatic rings. The molecule has 166 valence electrons. The molecule has 0 saturated carbocycles. The molecular formula is C22H26Cl2N4O2S. The van der Waals surface area contributed by atoms with Gasteiger partial charge in [0.2, 0.25) is 0 Å². The fourth-order valence-electron chi connectivity index (χ4n) is 2.94. The average molecular weight is 481 g/mol. The van der Waals surface area contributed by atoms with Crippen LogP contribution in [0.2, 0.25) is 10.0 Å². The lowest BCUT2D eigenvalue weighted by Crippen LogP contribution is -2.38. The molecule has 0 amide bonds. The van der Waals surface area contributed by atoms with Gasteiger partial charge in [0, 0.05) is 11.8 Å². The number of nitrogens with zero attached hydrogens (tertiary/aromatic N) is 3. The van der Waals surface area contributed by atoms with Crippen LogP contribution in [0.4, 0.5) is 0 Å². The monoisotopic (exact) mass is 480 g/mol. The first-order chi connectivity index (χ1) is 14.7. The molecule has 1 aromatic carbocycles. The summed E-state index contributed by atoms with van der Waals surface area (Å²) >= 11 is 14.2. The minimum absolute atomic E-state index is 0.0945. The number of halogens is 2. The smallest absolute Gasteiger partial charge is 0.166 e. The lowest BCUT2D eigenvalue weighted by molar-refractivity contribution is 0.131. The Hall–Kier alpha value is -1.77. The molecule has 0 aliphatic rings. The Labute approximate surface area is 196 Å². The summed E-state index contributed by atoms with van der Waals surface area (Å²) in [5.41, 5.74) is 9.76. The minimum atomic E-state index is -0.701. The zero-order chi connectivity index (χ0) is 22.7. The first-order valence-electron chi connectivity index (χ1n) is 10.0. The van der Waals surface area contributed by atoms with Gasteiger partial charge >= 0.3 is 0 Å². The van der Waals surface area contributed by atoms with Gasteiger partial charge in [-0.25, -0.2) is 0 Å². The number of benzene rings is 1. The molecule has 0 unspecified atom stereocenters. The van der Waals surface area contributed by atoms with Gasteiger partial charge in [0.25, 0.3) is 0 Å². The van der Waals surface area contributed by atoms with Crippen LogP contribution in [0.25, 0.3) is 21.3 Å². The van der Waals surface area contributed by atoms with Crippen molar-refractivity contribution in [1.82, 2.24) is 15.2 Å². The van der Waals surface area contributed by atoms with Gasteiger partial charge in [-0.15, -0.1) is 10.2 Å². The summed E-state index contributed by atoms with van der Waals surface area (Å²) in [5.74, 6) is 0.898. The van der Waals surface area contributed by atoms with E-state index < -0.39 is 12.1 Å². The van der Waals surface area contributed by atoms with Gasteiger partial charge < -0.3 is 15.6 Å². The van der Waals surface area contributed by atoms with Gasteiger partial charge in [0.15, 0.2) is 10.8 Å². The summed E-state index contributed by atoms with van der Waals surface area (Å²) in [6, 6.07) is 4.96. The number of hydrogen-bond donors (Lipinski definition) is 2. The van der Waals surface area contributed by atoms with E-state index in [1.807, 2.05) is 12.3 Å². The van der Waals surface area contributed by atoms with E-state index >= 15 is 0 Å². The van der Waals surface area contributed by atoms with Gasteiger partial charge in [0.1, 0.15) is 17.3 Å². The maximum Gasteiger partial charge on any atom is 0.166 e. The zero-order valence-electron chi connectivity index (χ0n) is 17.9. The number of pyridine rings is 1. The summed E-state index contributed by atoms with van der Waals surface area (Å²) in [7, 11) is 0. The van der Waals surface area contributed by atoms with Crippen LogP contribution in [0.1, 0.15) is 31.9 Å². The largest absolute Gasteiger partial charge is 0.489 e. The summed E-state index contributed by atoms with van der Waals surface area (Å²) in [4.78, 5) is 4.58.